The summed E-state index contributed by atoms with van der Waals surface area (Å²) in [5.41, 5.74) is 3.77. The minimum Gasteiger partial charge on any atom is -0.489 e. The molecule has 0 aliphatic heterocycles. The van der Waals surface area contributed by atoms with Crippen molar-refractivity contribution in [3.8, 4) is 17.0 Å². The molecule has 1 aromatic heterocycles. The third-order valence-corrected chi connectivity index (χ3v) is 6.42. The van der Waals surface area contributed by atoms with E-state index >= 15 is 0 Å². The number of nitrogens with one attached hydrogen (secondary N) is 1. The lowest BCUT2D eigenvalue weighted by atomic mass is 10.0. The molecule has 0 bridgehead atoms. The third-order valence-electron chi connectivity index (χ3n) is 5.87. The zero-order chi connectivity index (χ0) is 27.2. The summed E-state index contributed by atoms with van der Waals surface area (Å²) in [6.07, 6.45) is 0. The van der Waals surface area contributed by atoms with Gasteiger partial charge in [-0.3, -0.25) is 4.79 Å². The maximum atomic E-state index is 13.1. The van der Waals surface area contributed by atoms with Crippen LogP contribution in [0.4, 0.5) is 5.69 Å². The van der Waals surface area contributed by atoms with E-state index in [1.54, 1.807) is 24.3 Å². The fourth-order valence-corrected chi connectivity index (χ4v) is 4.40. The molecule has 1 amide bonds. The Labute approximate surface area is 235 Å². The number of para-hydroxylation sites is 1. The van der Waals surface area contributed by atoms with E-state index in [1.807, 2.05) is 72.8 Å². The van der Waals surface area contributed by atoms with E-state index < -0.39 is 18.5 Å². The Balaban J connectivity index is 1.31. The second-order valence-corrected chi connectivity index (χ2v) is 9.46. The van der Waals surface area contributed by atoms with Gasteiger partial charge in [-0.05, 0) is 60.2 Å². The maximum absolute atomic E-state index is 13.1. The molecule has 0 saturated heterocycles. The average Bonchev–Trinajstić information content (AvgIpc) is 2.96. The SMILES string of the molecule is O=C(COC(=O)c1cc(-c2ccc(OCc3ccccc3)cc2)nc2ccccc12)Nc1ccc(Cl)cc1Cl. The van der Waals surface area contributed by atoms with Gasteiger partial charge < -0.3 is 14.8 Å². The molecule has 0 radical (unpaired) electrons. The maximum Gasteiger partial charge on any atom is 0.339 e. The van der Waals surface area contributed by atoms with E-state index in [0.29, 0.717) is 39.5 Å². The molecule has 0 aliphatic carbocycles. The van der Waals surface area contributed by atoms with Crippen LogP contribution in [0.2, 0.25) is 10.0 Å². The molecule has 39 heavy (non-hydrogen) atoms. The highest BCUT2D eigenvalue weighted by atomic mass is 35.5. The molecule has 1 heterocycles. The number of pyridine rings is 1. The van der Waals surface area contributed by atoms with Gasteiger partial charge >= 0.3 is 5.97 Å². The minimum absolute atomic E-state index is 0.281. The van der Waals surface area contributed by atoms with Gasteiger partial charge in [-0.2, -0.15) is 0 Å². The Hall–Kier alpha value is -4.39. The van der Waals surface area contributed by atoms with Gasteiger partial charge in [-0.15, -0.1) is 0 Å². The number of amides is 1. The number of nitrogens with zero attached hydrogens (tertiary/aromatic N) is 1. The Kier molecular flexibility index (Phi) is 8.06. The summed E-state index contributed by atoms with van der Waals surface area (Å²) in [6.45, 7) is -0.0284. The highest BCUT2D eigenvalue weighted by molar-refractivity contribution is 6.36. The number of carbonyl (C=O) groups is 2. The molecule has 0 fully saturated rings. The lowest BCUT2D eigenvalue weighted by Crippen LogP contribution is -2.21. The van der Waals surface area contributed by atoms with Crippen LogP contribution in [0.1, 0.15) is 15.9 Å². The van der Waals surface area contributed by atoms with Crippen LogP contribution < -0.4 is 10.1 Å². The second-order valence-electron chi connectivity index (χ2n) is 8.62. The topological polar surface area (TPSA) is 77.5 Å². The van der Waals surface area contributed by atoms with E-state index in [-0.39, 0.29) is 5.02 Å². The zero-order valence-electron chi connectivity index (χ0n) is 20.6. The number of rotatable bonds is 8. The standard InChI is InChI=1S/C31H22Cl2N2O4/c32-22-12-15-28(26(33)16-22)35-30(36)19-39-31(37)25-17-29(34-27-9-5-4-8-24(25)27)21-10-13-23(14-11-21)38-18-20-6-2-1-3-7-20/h1-17H,18-19H2,(H,35,36). The summed E-state index contributed by atoms with van der Waals surface area (Å²) in [4.78, 5) is 30.2. The van der Waals surface area contributed by atoms with Crippen LogP contribution >= 0.6 is 23.2 Å². The van der Waals surface area contributed by atoms with Crippen molar-refractivity contribution >= 4 is 51.7 Å². The molecule has 4 aromatic carbocycles. The van der Waals surface area contributed by atoms with E-state index in [1.165, 1.54) is 6.07 Å². The Bertz CT molecular complexity index is 1640. The van der Waals surface area contributed by atoms with Crippen molar-refractivity contribution in [1.29, 1.82) is 0 Å². The number of halogens is 2. The number of anilines is 1. The Morgan fingerprint density at radius 1 is 0.821 bits per heavy atom. The van der Waals surface area contributed by atoms with Gasteiger partial charge in [0.2, 0.25) is 0 Å². The fourth-order valence-electron chi connectivity index (χ4n) is 3.94. The average molecular weight is 557 g/mol. The number of hydrogen-bond donors (Lipinski definition) is 1. The number of esters is 1. The van der Waals surface area contributed by atoms with Gasteiger partial charge in [-0.1, -0.05) is 71.7 Å². The van der Waals surface area contributed by atoms with Gasteiger partial charge in [0.15, 0.2) is 6.61 Å². The van der Waals surface area contributed by atoms with Crippen molar-refractivity contribution in [1.82, 2.24) is 4.98 Å². The Morgan fingerprint density at radius 2 is 1.56 bits per heavy atom. The minimum atomic E-state index is -0.644. The summed E-state index contributed by atoms with van der Waals surface area (Å²) in [5, 5.41) is 3.96. The van der Waals surface area contributed by atoms with E-state index in [4.69, 9.17) is 37.7 Å². The molecule has 0 spiro atoms. The van der Waals surface area contributed by atoms with Crippen molar-refractivity contribution in [2.24, 2.45) is 0 Å². The Morgan fingerprint density at radius 3 is 2.33 bits per heavy atom. The number of hydrogen-bond acceptors (Lipinski definition) is 5. The lowest BCUT2D eigenvalue weighted by Gasteiger charge is -2.11. The summed E-state index contributed by atoms with van der Waals surface area (Å²) >= 11 is 12.0. The number of ether oxygens (including phenoxy) is 2. The lowest BCUT2D eigenvalue weighted by molar-refractivity contribution is -0.119. The van der Waals surface area contributed by atoms with E-state index in [0.717, 1.165) is 16.9 Å². The van der Waals surface area contributed by atoms with Crippen molar-refractivity contribution in [2.75, 3.05) is 11.9 Å². The van der Waals surface area contributed by atoms with Gasteiger partial charge in [0.05, 0.1) is 27.5 Å². The number of benzene rings is 4. The molecule has 5 aromatic rings. The molecule has 6 nitrogen and oxygen atoms in total. The van der Waals surface area contributed by atoms with Gasteiger partial charge in [0.1, 0.15) is 12.4 Å². The van der Waals surface area contributed by atoms with E-state index in [9.17, 15) is 9.59 Å². The van der Waals surface area contributed by atoms with E-state index in [2.05, 4.69) is 5.32 Å². The zero-order valence-corrected chi connectivity index (χ0v) is 22.1. The molecule has 0 saturated carbocycles. The first-order chi connectivity index (χ1) is 19.0. The monoisotopic (exact) mass is 556 g/mol. The quantitative estimate of drug-likeness (QED) is 0.199. The van der Waals surface area contributed by atoms with Gasteiger partial charge in [-0.25, -0.2) is 9.78 Å². The number of aromatic nitrogens is 1. The summed E-state index contributed by atoms with van der Waals surface area (Å²) < 4.78 is 11.2. The van der Waals surface area contributed by atoms with Crippen LogP contribution in [0.15, 0.2) is 103 Å². The van der Waals surface area contributed by atoms with Crippen LogP contribution in [0.25, 0.3) is 22.2 Å². The van der Waals surface area contributed by atoms with Gasteiger partial charge in [0, 0.05) is 16.0 Å². The first-order valence-electron chi connectivity index (χ1n) is 12.1. The molecule has 5 rings (SSSR count). The van der Waals surface area contributed by atoms with Crippen molar-refractivity contribution in [2.45, 2.75) is 6.61 Å². The van der Waals surface area contributed by atoms with Crippen molar-refractivity contribution < 1.29 is 19.1 Å². The molecule has 8 heteroatoms. The number of carbonyl (C=O) groups excluding carboxylic acids is 2. The van der Waals surface area contributed by atoms with Crippen LogP contribution in [-0.4, -0.2) is 23.5 Å². The van der Waals surface area contributed by atoms with Gasteiger partial charge in [0.25, 0.3) is 5.91 Å². The highest BCUT2D eigenvalue weighted by Gasteiger charge is 2.17. The summed E-state index contributed by atoms with van der Waals surface area (Å²) in [6, 6.07) is 31.0. The smallest absolute Gasteiger partial charge is 0.339 e. The van der Waals surface area contributed by atoms with Crippen LogP contribution in [0.3, 0.4) is 0 Å². The molecule has 0 atom stereocenters. The predicted molar refractivity (Wildman–Crippen MR) is 153 cm³/mol. The molecule has 1 N–H and O–H groups in total. The molecular formula is C31H22Cl2N2O4. The van der Waals surface area contributed by atoms with Crippen LogP contribution in [-0.2, 0) is 16.1 Å². The predicted octanol–water partition coefficient (Wildman–Crippen LogP) is 7.58. The molecule has 0 aliphatic rings. The largest absolute Gasteiger partial charge is 0.489 e. The molecule has 0 unspecified atom stereocenters. The number of fused-ring (bicyclic) bond motifs is 1. The normalized spacial score (nSPS) is 10.7. The molecular weight excluding hydrogens is 535 g/mol. The van der Waals surface area contributed by atoms with Crippen LogP contribution in [0, 0.1) is 0 Å². The second kappa shape index (κ2) is 12.0. The van der Waals surface area contributed by atoms with Crippen LogP contribution in [0.5, 0.6) is 5.75 Å². The van der Waals surface area contributed by atoms with Crippen molar-refractivity contribution in [3.63, 3.8) is 0 Å². The molecule has 194 valence electrons. The first-order valence-corrected chi connectivity index (χ1v) is 12.8. The first kappa shape index (κ1) is 26.2. The highest BCUT2D eigenvalue weighted by Crippen LogP contribution is 2.28. The van der Waals surface area contributed by atoms with Crippen molar-refractivity contribution in [3.05, 3.63) is 124 Å². The third kappa shape index (κ3) is 6.55. The fraction of sp³-hybridized carbons (Fsp3) is 0.0645. The summed E-state index contributed by atoms with van der Waals surface area (Å²) in [7, 11) is 0. The summed E-state index contributed by atoms with van der Waals surface area (Å²) in [5.74, 6) is -0.456.